The van der Waals surface area contributed by atoms with Crippen molar-refractivity contribution in [2.45, 2.75) is 20.1 Å². The fraction of sp³-hybridized carbons (Fsp3) is 0.364. The summed E-state index contributed by atoms with van der Waals surface area (Å²) in [5.41, 5.74) is 1.25. The summed E-state index contributed by atoms with van der Waals surface area (Å²) in [4.78, 5) is 4.89. The number of piperazine rings is 1. The van der Waals surface area contributed by atoms with Crippen molar-refractivity contribution < 1.29 is 4.42 Å². The molecule has 0 bridgehead atoms. The van der Waals surface area contributed by atoms with Gasteiger partial charge in [0.05, 0.1) is 12.9 Å². The molecular weight excluding hydrogens is 382 g/mol. The van der Waals surface area contributed by atoms with Gasteiger partial charge in [0.15, 0.2) is 16.4 Å². The largest absolute Gasteiger partial charge is 0.461 e. The van der Waals surface area contributed by atoms with Crippen molar-refractivity contribution in [3.8, 4) is 11.6 Å². The number of benzene rings is 1. The first-order chi connectivity index (χ1) is 14.2. The molecule has 0 N–H and O–H groups in total. The van der Waals surface area contributed by atoms with Crippen LogP contribution in [-0.4, -0.2) is 56.9 Å². The minimum absolute atomic E-state index is 0.716. The minimum atomic E-state index is 0.716. The van der Waals surface area contributed by atoms with E-state index in [2.05, 4.69) is 53.1 Å². The Morgan fingerprint density at radius 3 is 2.48 bits per heavy atom. The van der Waals surface area contributed by atoms with E-state index in [0.29, 0.717) is 6.67 Å². The van der Waals surface area contributed by atoms with E-state index in [9.17, 15) is 0 Å². The summed E-state index contributed by atoms with van der Waals surface area (Å²) in [5, 5.41) is 4.73. The van der Waals surface area contributed by atoms with Gasteiger partial charge in [0, 0.05) is 39.3 Å². The highest BCUT2D eigenvalue weighted by atomic mass is 32.1. The molecule has 1 saturated heterocycles. The van der Waals surface area contributed by atoms with Crippen molar-refractivity contribution in [3.63, 3.8) is 0 Å². The van der Waals surface area contributed by atoms with Crippen molar-refractivity contribution >= 4 is 18.3 Å². The zero-order valence-corrected chi connectivity index (χ0v) is 17.6. The Labute approximate surface area is 176 Å². The molecule has 1 fully saturated rings. The summed E-state index contributed by atoms with van der Waals surface area (Å²) in [7, 11) is 0. The number of hydrogen-bond donors (Lipinski definition) is 0. The van der Waals surface area contributed by atoms with E-state index in [0.717, 1.165) is 55.6 Å². The molecule has 1 aromatic carbocycles. The smallest absolute Gasteiger partial charge is 0.199 e. The van der Waals surface area contributed by atoms with Gasteiger partial charge < -0.3 is 4.42 Å². The van der Waals surface area contributed by atoms with E-state index >= 15 is 0 Å². The SMILES string of the molecule is CCn1c(-c2ccco2)nn(CN2CCN(C/C=C/c3ccccc3)CC2)c1=S. The maximum atomic E-state index is 5.66. The van der Waals surface area contributed by atoms with Crippen molar-refractivity contribution in [2.75, 3.05) is 32.7 Å². The average Bonchev–Trinajstić information content (AvgIpc) is 3.38. The third-order valence-corrected chi connectivity index (χ3v) is 5.68. The van der Waals surface area contributed by atoms with Crippen LogP contribution in [0.5, 0.6) is 0 Å². The second kappa shape index (κ2) is 9.35. The van der Waals surface area contributed by atoms with E-state index < -0.39 is 0 Å². The first-order valence-electron chi connectivity index (χ1n) is 10.1. The van der Waals surface area contributed by atoms with Crippen LogP contribution >= 0.6 is 12.2 Å². The van der Waals surface area contributed by atoms with Gasteiger partial charge in [0.25, 0.3) is 0 Å². The van der Waals surface area contributed by atoms with Crippen LogP contribution in [0.2, 0.25) is 0 Å². The summed E-state index contributed by atoms with van der Waals surface area (Å²) in [5.74, 6) is 1.55. The average molecular weight is 410 g/mol. The molecule has 2 aromatic heterocycles. The molecule has 1 aliphatic rings. The lowest BCUT2D eigenvalue weighted by Gasteiger charge is -2.33. The summed E-state index contributed by atoms with van der Waals surface area (Å²) >= 11 is 5.66. The standard InChI is InChI=1S/C22H27N5OS/c1-2-26-21(20-11-7-17-28-20)23-27(22(26)29)18-25-15-13-24(14-16-25)12-6-10-19-8-4-3-5-9-19/h3-11,17H,2,12-16,18H2,1H3/b10-6+. The zero-order chi connectivity index (χ0) is 20.1. The number of furan rings is 1. The lowest BCUT2D eigenvalue weighted by molar-refractivity contribution is 0.110. The molecule has 3 heterocycles. The Morgan fingerprint density at radius 1 is 1.03 bits per heavy atom. The van der Waals surface area contributed by atoms with Crippen LogP contribution in [-0.2, 0) is 13.2 Å². The predicted octanol–water partition coefficient (Wildman–Crippen LogP) is 3.98. The molecule has 6 nitrogen and oxygen atoms in total. The molecule has 0 aliphatic carbocycles. The number of aromatic nitrogens is 3. The van der Waals surface area contributed by atoms with E-state index in [1.54, 1.807) is 6.26 Å². The van der Waals surface area contributed by atoms with E-state index in [1.165, 1.54) is 5.56 Å². The Hall–Kier alpha value is -2.48. The molecule has 152 valence electrons. The summed E-state index contributed by atoms with van der Waals surface area (Å²) in [6.07, 6.45) is 6.11. The van der Waals surface area contributed by atoms with Gasteiger partial charge in [-0.15, -0.1) is 5.10 Å². The van der Waals surface area contributed by atoms with Gasteiger partial charge in [-0.3, -0.25) is 14.4 Å². The number of nitrogens with zero attached hydrogens (tertiary/aromatic N) is 5. The Balaban J connectivity index is 1.33. The quantitative estimate of drug-likeness (QED) is 0.552. The molecule has 0 radical (unpaired) electrons. The maximum absolute atomic E-state index is 5.66. The van der Waals surface area contributed by atoms with Gasteiger partial charge in [-0.05, 0) is 36.8 Å². The van der Waals surface area contributed by atoms with E-state index in [4.69, 9.17) is 21.7 Å². The molecule has 0 amide bonds. The highest BCUT2D eigenvalue weighted by Gasteiger charge is 2.19. The fourth-order valence-electron chi connectivity index (χ4n) is 3.61. The molecule has 0 spiro atoms. The monoisotopic (exact) mass is 409 g/mol. The fourth-order valence-corrected chi connectivity index (χ4v) is 3.93. The van der Waals surface area contributed by atoms with Gasteiger partial charge in [-0.25, -0.2) is 4.68 Å². The predicted molar refractivity (Wildman–Crippen MR) is 118 cm³/mol. The summed E-state index contributed by atoms with van der Waals surface area (Å²) in [6.45, 7) is 8.67. The van der Waals surface area contributed by atoms with Crippen LogP contribution in [0.15, 0.2) is 59.2 Å². The number of rotatable bonds is 7. The Bertz CT molecular complexity index is 982. The van der Waals surface area contributed by atoms with E-state index in [1.807, 2.05) is 27.4 Å². The molecule has 4 rings (SSSR count). The van der Waals surface area contributed by atoms with Crippen LogP contribution in [0.25, 0.3) is 17.7 Å². The summed E-state index contributed by atoms with van der Waals surface area (Å²) in [6, 6.07) is 14.2. The third kappa shape index (κ3) is 4.75. The van der Waals surface area contributed by atoms with Crippen molar-refractivity contribution in [1.82, 2.24) is 24.1 Å². The van der Waals surface area contributed by atoms with Crippen LogP contribution in [0.3, 0.4) is 0 Å². The molecule has 3 aromatic rings. The van der Waals surface area contributed by atoms with Gasteiger partial charge in [0.2, 0.25) is 0 Å². The zero-order valence-electron chi connectivity index (χ0n) is 16.8. The molecule has 7 heteroatoms. The highest BCUT2D eigenvalue weighted by molar-refractivity contribution is 7.71. The van der Waals surface area contributed by atoms with Gasteiger partial charge in [-0.1, -0.05) is 42.5 Å². The number of hydrogen-bond acceptors (Lipinski definition) is 5. The summed E-state index contributed by atoms with van der Waals surface area (Å²) < 4.78 is 10.2. The molecule has 29 heavy (non-hydrogen) atoms. The van der Waals surface area contributed by atoms with Crippen molar-refractivity contribution in [3.05, 3.63) is 65.1 Å². The molecule has 0 unspecified atom stereocenters. The van der Waals surface area contributed by atoms with Crippen molar-refractivity contribution in [2.24, 2.45) is 0 Å². The normalized spacial score (nSPS) is 16.0. The first kappa shape index (κ1) is 19.8. The van der Waals surface area contributed by atoms with Gasteiger partial charge in [-0.2, -0.15) is 0 Å². The topological polar surface area (TPSA) is 42.4 Å². The molecular formula is C22H27N5OS. The van der Waals surface area contributed by atoms with Crippen LogP contribution in [0.1, 0.15) is 12.5 Å². The van der Waals surface area contributed by atoms with E-state index in [-0.39, 0.29) is 0 Å². The molecule has 1 aliphatic heterocycles. The highest BCUT2D eigenvalue weighted by Crippen LogP contribution is 2.19. The second-order valence-electron chi connectivity index (χ2n) is 7.20. The van der Waals surface area contributed by atoms with Gasteiger partial charge in [0.1, 0.15) is 0 Å². The maximum Gasteiger partial charge on any atom is 0.199 e. The first-order valence-corrected chi connectivity index (χ1v) is 10.5. The molecule has 0 atom stereocenters. The minimum Gasteiger partial charge on any atom is -0.461 e. The van der Waals surface area contributed by atoms with Crippen LogP contribution in [0.4, 0.5) is 0 Å². The lowest BCUT2D eigenvalue weighted by Crippen LogP contribution is -2.46. The van der Waals surface area contributed by atoms with Crippen LogP contribution in [0, 0.1) is 4.77 Å². The lowest BCUT2D eigenvalue weighted by atomic mass is 10.2. The third-order valence-electron chi connectivity index (χ3n) is 5.25. The van der Waals surface area contributed by atoms with Gasteiger partial charge >= 0.3 is 0 Å². The van der Waals surface area contributed by atoms with Crippen LogP contribution < -0.4 is 0 Å². The van der Waals surface area contributed by atoms with Crippen molar-refractivity contribution in [1.29, 1.82) is 0 Å². The molecule has 0 saturated carbocycles. The Morgan fingerprint density at radius 2 is 1.79 bits per heavy atom. The Kier molecular flexibility index (Phi) is 6.39. The second-order valence-corrected chi connectivity index (χ2v) is 7.57.